The lowest BCUT2D eigenvalue weighted by molar-refractivity contribution is -0.117. The van der Waals surface area contributed by atoms with Crippen molar-refractivity contribution < 1.29 is 14.7 Å². The van der Waals surface area contributed by atoms with Crippen LogP contribution in [0.1, 0.15) is 16.8 Å². The van der Waals surface area contributed by atoms with Crippen LogP contribution >= 0.6 is 27.5 Å². The van der Waals surface area contributed by atoms with Crippen LogP contribution in [-0.4, -0.2) is 28.9 Å². The third kappa shape index (κ3) is 2.30. The molecular weight excluding hydrogens is 309 g/mol. The highest BCUT2D eigenvalue weighted by Crippen LogP contribution is 2.33. The van der Waals surface area contributed by atoms with Crippen molar-refractivity contribution >= 4 is 45.1 Å². The zero-order chi connectivity index (χ0) is 12.6. The maximum absolute atomic E-state index is 11.7. The number of benzene rings is 1. The molecule has 0 spiro atoms. The van der Waals surface area contributed by atoms with Crippen LogP contribution in [0, 0.1) is 0 Å². The molecule has 1 aliphatic heterocycles. The summed E-state index contributed by atoms with van der Waals surface area (Å²) < 4.78 is 0.409. The van der Waals surface area contributed by atoms with Gasteiger partial charge in [-0.15, -0.1) is 11.6 Å². The molecule has 90 valence electrons. The summed E-state index contributed by atoms with van der Waals surface area (Å²) in [6.45, 7) is 0.405. The van der Waals surface area contributed by atoms with Crippen LogP contribution in [0.2, 0.25) is 0 Å². The molecule has 1 aromatic rings. The number of aromatic carboxylic acids is 1. The Hall–Kier alpha value is -1.07. The van der Waals surface area contributed by atoms with Crippen LogP contribution in [0.4, 0.5) is 5.69 Å². The van der Waals surface area contributed by atoms with Crippen molar-refractivity contribution in [1.29, 1.82) is 0 Å². The minimum atomic E-state index is -1.03. The second kappa shape index (κ2) is 4.66. The number of nitrogens with zero attached hydrogens (tertiary/aromatic N) is 1. The number of carbonyl (C=O) groups is 2. The topological polar surface area (TPSA) is 57.6 Å². The first kappa shape index (κ1) is 12.4. The second-order valence-corrected chi connectivity index (χ2v) is 5.16. The number of carboxylic acid groups (broad SMARTS) is 1. The van der Waals surface area contributed by atoms with Crippen LogP contribution in [0.5, 0.6) is 0 Å². The first-order valence-corrected chi connectivity index (χ1v) is 6.20. The van der Waals surface area contributed by atoms with Gasteiger partial charge in [0.1, 0.15) is 0 Å². The van der Waals surface area contributed by atoms with Gasteiger partial charge in [0, 0.05) is 13.0 Å². The molecule has 0 bridgehead atoms. The molecule has 1 fully saturated rings. The molecule has 4 nitrogen and oxygen atoms in total. The van der Waals surface area contributed by atoms with Gasteiger partial charge in [-0.2, -0.15) is 0 Å². The number of amides is 1. The molecule has 1 amide bonds. The first-order valence-electron chi connectivity index (χ1n) is 4.97. The maximum atomic E-state index is 11.7. The van der Waals surface area contributed by atoms with E-state index in [1.54, 1.807) is 12.1 Å². The predicted octanol–water partition coefficient (Wildman–Crippen LogP) is 2.49. The summed E-state index contributed by atoms with van der Waals surface area (Å²) in [6.07, 6.45) is 0.283. The Bertz CT molecular complexity index is 492. The zero-order valence-electron chi connectivity index (χ0n) is 8.69. The predicted molar refractivity (Wildman–Crippen MR) is 67.7 cm³/mol. The van der Waals surface area contributed by atoms with E-state index < -0.39 is 5.97 Å². The van der Waals surface area contributed by atoms with Gasteiger partial charge in [0.15, 0.2) is 0 Å². The van der Waals surface area contributed by atoms with Crippen molar-refractivity contribution in [2.75, 3.05) is 11.4 Å². The van der Waals surface area contributed by atoms with Gasteiger partial charge in [0.2, 0.25) is 5.91 Å². The fourth-order valence-electron chi connectivity index (χ4n) is 1.79. The monoisotopic (exact) mass is 317 g/mol. The fraction of sp³-hybridized carbons (Fsp3) is 0.273. The average molecular weight is 319 g/mol. The van der Waals surface area contributed by atoms with Gasteiger partial charge in [-0.3, -0.25) is 4.79 Å². The number of halogens is 2. The Morgan fingerprint density at radius 3 is 2.76 bits per heavy atom. The zero-order valence-corrected chi connectivity index (χ0v) is 11.0. The SMILES string of the molecule is O=C(O)c1cccc(N2CC(Cl)CC2=O)c1Br. The molecule has 1 heterocycles. The number of rotatable bonds is 2. The highest BCUT2D eigenvalue weighted by Gasteiger charge is 2.31. The second-order valence-electron chi connectivity index (χ2n) is 3.75. The molecule has 1 aromatic carbocycles. The van der Waals surface area contributed by atoms with Gasteiger partial charge in [0.05, 0.1) is 21.1 Å². The van der Waals surface area contributed by atoms with E-state index in [2.05, 4.69) is 15.9 Å². The summed E-state index contributed by atoms with van der Waals surface area (Å²) in [4.78, 5) is 24.2. The molecule has 2 rings (SSSR count). The molecule has 1 atom stereocenters. The number of hydrogen-bond acceptors (Lipinski definition) is 2. The molecular formula is C11H9BrClNO3. The third-order valence-electron chi connectivity index (χ3n) is 2.58. The molecule has 1 aliphatic rings. The first-order chi connectivity index (χ1) is 8.00. The highest BCUT2D eigenvalue weighted by molar-refractivity contribution is 9.10. The lowest BCUT2D eigenvalue weighted by Crippen LogP contribution is -2.25. The number of carbonyl (C=O) groups excluding carboxylic acids is 1. The fourth-order valence-corrected chi connectivity index (χ4v) is 2.71. The van der Waals surface area contributed by atoms with Crippen molar-refractivity contribution in [2.45, 2.75) is 11.8 Å². The van der Waals surface area contributed by atoms with Gasteiger partial charge in [0.25, 0.3) is 0 Å². The summed E-state index contributed by atoms with van der Waals surface area (Å²) in [6, 6.07) is 4.79. The molecule has 6 heteroatoms. The number of anilines is 1. The Labute approximate surface area is 111 Å². The number of alkyl halides is 1. The van der Waals surface area contributed by atoms with Crippen LogP contribution in [-0.2, 0) is 4.79 Å². The van der Waals surface area contributed by atoms with Crippen LogP contribution in [0.25, 0.3) is 0 Å². The maximum Gasteiger partial charge on any atom is 0.336 e. The van der Waals surface area contributed by atoms with E-state index in [1.807, 2.05) is 0 Å². The Morgan fingerprint density at radius 1 is 1.53 bits per heavy atom. The van der Waals surface area contributed by atoms with Crippen molar-refractivity contribution in [2.24, 2.45) is 0 Å². The van der Waals surface area contributed by atoms with Crippen molar-refractivity contribution in [1.82, 2.24) is 0 Å². The van der Waals surface area contributed by atoms with E-state index in [1.165, 1.54) is 11.0 Å². The number of hydrogen-bond donors (Lipinski definition) is 1. The molecule has 0 aliphatic carbocycles. The van der Waals surface area contributed by atoms with Crippen LogP contribution < -0.4 is 4.90 Å². The van der Waals surface area contributed by atoms with E-state index in [0.29, 0.717) is 16.7 Å². The lowest BCUT2D eigenvalue weighted by atomic mass is 10.2. The summed E-state index contributed by atoms with van der Waals surface area (Å²) in [5.41, 5.74) is 0.686. The van der Waals surface area contributed by atoms with Gasteiger partial charge in [-0.25, -0.2) is 4.79 Å². The van der Waals surface area contributed by atoms with Gasteiger partial charge >= 0.3 is 5.97 Å². The smallest absolute Gasteiger partial charge is 0.336 e. The van der Waals surface area contributed by atoms with E-state index >= 15 is 0 Å². The van der Waals surface area contributed by atoms with Crippen LogP contribution in [0.3, 0.4) is 0 Å². The van der Waals surface area contributed by atoms with Gasteiger partial charge in [-0.05, 0) is 28.1 Å². The minimum absolute atomic E-state index is 0.0896. The standard InChI is InChI=1S/C11H9BrClNO3/c12-10-7(11(16)17)2-1-3-8(10)14-5-6(13)4-9(14)15/h1-3,6H,4-5H2,(H,16,17). The van der Waals surface area contributed by atoms with E-state index in [-0.39, 0.29) is 23.3 Å². The summed E-state index contributed by atoms with van der Waals surface area (Å²) in [5.74, 6) is -1.12. The summed E-state index contributed by atoms with van der Waals surface area (Å²) in [5, 5.41) is 8.77. The largest absolute Gasteiger partial charge is 0.478 e. The molecule has 17 heavy (non-hydrogen) atoms. The highest BCUT2D eigenvalue weighted by atomic mass is 79.9. The molecule has 0 aromatic heterocycles. The number of carboxylic acids is 1. The Kier molecular flexibility index (Phi) is 3.40. The normalized spacial score (nSPS) is 19.8. The van der Waals surface area contributed by atoms with Crippen molar-refractivity contribution in [3.63, 3.8) is 0 Å². The molecule has 0 saturated carbocycles. The summed E-state index contributed by atoms with van der Waals surface area (Å²) >= 11 is 9.13. The van der Waals surface area contributed by atoms with E-state index in [4.69, 9.17) is 16.7 Å². The Morgan fingerprint density at radius 2 is 2.24 bits per heavy atom. The van der Waals surface area contributed by atoms with Crippen LogP contribution in [0.15, 0.2) is 22.7 Å². The Balaban J connectivity index is 2.43. The van der Waals surface area contributed by atoms with E-state index in [0.717, 1.165) is 0 Å². The molecule has 1 N–H and O–H groups in total. The lowest BCUT2D eigenvalue weighted by Gasteiger charge is -2.18. The molecule has 1 saturated heterocycles. The van der Waals surface area contributed by atoms with Crippen molar-refractivity contribution in [3.8, 4) is 0 Å². The average Bonchev–Trinajstić information content (AvgIpc) is 2.57. The van der Waals surface area contributed by atoms with E-state index in [9.17, 15) is 9.59 Å². The summed E-state index contributed by atoms with van der Waals surface area (Å²) in [7, 11) is 0. The third-order valence-corrected chi connectivity index (χ3v) is 3.70. The van der Waals surface area contributed by atoms with Crippen molar-refractivity contribution in [3.05, 3.63) is 28.2 Å². The molecule has 1 unspecified atom stereocenters. The molecule has 0 radical (unpaired) electrons. The quantitative estimate of drug-likeness (QED) is 0.852. The minimum Gasteiger partial charge on any atom is -0.478 e. The van der Waals surface area contributed by atoms with Gasteiger partial charge < -0.3 is 10.0 Å². The van der Waals surface area contributed by atoms with Gasteiger partial charge in [-0.1, -0.05) is 6.07 Å².